The molecule has 0 aliphatic rings. The van der Waals surface area contributed by atoms with E-state index in [-0.39, 0.29) is 11.7 Å². The number of benzene rings is 1. The van der Waals surface area contributed by atoms with E-state index in [1.54, 1.807) is 6.07 Å². The molecule has 2 aromatic rings. The lowest BCUT2D eigenvalue weighted by molar-refractivity contribution is -0.116. The average Bonchev–Trinajstić information content (AvgIpc) is 2.84. The summed E-state index contributed by atoms with van der Waals surface area (Å²) in [5.41, 5.74) is 0.705. The second-order valence-corrected chi connectivity index (χ2v) is 6.12. The number of rotatable bonds is 7. The van der Waals surface area contributed by atoms with Crippen LogP contribution >= 0.6 is 11.3 Å². The van der Waals surface area contributed by atoms with Crippen LogP contribution in [0.25, 0.3) is 10.2 Å². The minimum atomic E-state index is -0.290. The van der Waals surface area contributed by atoms with Crippen LogP contribution in [0, 0.1) is 5.82 Å². The van der Waals surface area contributed by atoms with Gasteiger partial charge in [-0.1, -0.05) is 24.7 Å². The second kappa shape index (κ2) is 7.47. The summed E-state index contributed by atoms with van der Waals surface area (Å²) < 4.78 is 13.8. The zero-order valence-corrected chi connectivity index (χ0v) is 13.2. The zero-order valence-electron chi connectivity index (χ0n) is 12.4. The second-order valence-electron chi connectivity index (χ2n) is 5.09. The monoisotopic (exact) mass is 309 g/mol. The van der Waals surface area contributed by atoms with Gasteiger partial charge in [0.2, 0.25) is 5.91 Å². The minimum Gasteiger partial charge on any atom is -0.306 e. The molecule has 1 amide bonds. The van der Waals surface area contributed by atoms with Crippen LogP contribution in [0.1, 0.15) is 26.2 Å². The lowest BCUT2D eigenvalue weighted by Crippen LogP contribution is -2.25. The molecule has 21 heavy (non-hydrogen) atoms. The highest BCUT2D eigenvalue weighted by atomic mass is 32.1. The van der Waals surface area contributed by atoms with E-state index in [0.29, 0.717) is 17.1 Å². The molecule has 4 nitrogen and oxygen atoms in total. The molecule has 0 aliphatic heterocycles. The number of carbonyl (C=O) groups excluding carboxylic acids is 1. The Morgan fingerprint density at radius 1 is 1.43 bits per heavy atom. The van der Waals surface area contributed by atoms with Gasteiger partial charge in [0.05, 0.1) is 10.2 Å². The molecule has 0 saturated heterocycles. The minimum absolute atomic E-state index is 0.0575. The number of nitrogens with zero attached hydrogens (tertiary/aromatic N) is 2. The number of fused-ring (bicyclic) bond motifs is 1. The van der Waals surface area contributed by atoms with E-state index in [1.165, 1.54) is 23.5 Å². The molecule has 1 N–H and O–H groups in total. The summed E-state index contributed by atoms with van der Waals surface area (Å²) in [5, 5.41) is 3.31. The van der Waals surface area contributed by atoms with Crippen molar-refractivity contribution in [2.24, 2.45) is 0 Å². The van der Waals surface area contributed by atoms with Crippen molar-refractivity contribution in [2.75, 3.05) is 25.5 Å². The van der Waals surface area contributed by atoms with Gasteiger partial charge in [-0.3, -0.25) is 4.79 Å². The van der Waals surface area contributed by atoms with Gasteiger partial charge in [-0.2, -0.15) is 0 Å². The fourth-order valence-corrected chi connectivity index (χ4v) is 2.87. The quantitative estimate of drug-likeness (QED) is 0.851. The van der Waals surface area contributed by atoms with Gasteiger partial charge in [0.1, 0.15) is 5.82 Å². The van der Waals surface area contributed by atoms with Crippen molar-refractivity contribution in [1.82, 2.24) is 9.88 Å². The summed E-state index contributed by atoms with van der Waals surface area (Å²) in [6.07, 6.45) is 2.73. The molecular weight excluding hydrogens is 289 g/mol. The number of unbranched alkanes of at least 4 members (excludes halogenated alkanes) is 1. The maximum atomic E-state index is 13.1. The first kappa shape index (κ1) is 15.9. The Bertz CT molecular complexity index is 614. The Balaban J connectivity index is 1.86. The summed E-state index contributed by atoms with van der Waals surface area (Å²) in [6.45, 7) is 3.88. The van der Waals surface area contributed by atoms with Crippen molar-refractivity contribution in [3.63, 3.8) is 0 Å². The normalized spacial score (nSPS) is 11.2. The van der Waals surface area contributed by atoms with Crippen LogP contribution in [0.15, 0.2) is 18.2 Å². The number of hydrogen-bond donors (Lipinski definition) is 1. The van der Waals surface area contributed by atoms with E-state index < -0.39 is 0 Å². The van der Waals surface area contributed by atoms with Crippen LogP contribution in [0.5, 0.6) is 0 Å². The van der Waals surface area contributed by atoms with Crippen LogP contribution in [0.4, 0.5) is 9.52 Å². The van der Waals surface area contributed by atoms with E-state index >= 15 is 0 Å². The zero-order chi connectivity index (χ0) is 15.2. The molecule has 0 fully saturated rings. The number of amides is 1. The molecule has 0 bridgehead atoms. The van der Waals surface area contributed by atoms with Gasteiger partial charge in [-0.25, -0.2) is 9.37 Å². The molecule has 0 radical (unpaired) electrons. The fraction of sp³-hybridized carbons (Fsp3) is 0.467. The van der Waals surface area contributed by atoms with Crippen LogP contribution in [-0.4, -0.2) is 35.9 Å². The highest BCUT2D eigenvalue weighted by Gasteiger charge is 2.09. The topological polar surface area (TPSA) is 45.2 Å². The molecule has 2 rings (SSSR count). The Hall–Kier alpha value is -1.53. The predicted molar refractivity (Wildman–Crippen MR) is 85.2 cm³/mol. The van der Waals surface area contributed by atoms with Crippen LogP contribution < -0.4 is 5.32 Å². The summed E-state index contributed by atoms with van der Waals surface area (Å²) in [6, 6.07) is 4.42. The molecule has 0 unspecified atom stereocenters. The van der Waals surface area contributed by atoms with Gasteiger partial charge in [0.15, 0.2) is 5.13 Å². The molecule has 114 valence electrons. The summed E-state index contributed by atoms with van der Waals surface area (Å²) in [4.78, 5) is 18.3. The Kier molecular flexibility index (Phi) is 5.64. The lowest BCUT2D eigenvalue weighted by atomic mass is 10.3. The molecule has 0 spiro atoms. The van der Waals surface area contributed by atoms with Crippen molar-refractivity contribution in [2.45, 2.75) is 26.2 Å². The van der Waals surface area contributed by atoms with Gasteiger partial charge in [0, 0.05) is 13.0 Å². The predicted octanol–water partition coefficient (Wildman–Crippen LogP) is 3.50. The Morgan fingerprint density at radius 3 is 3.00 bits per heavy atom. The van der Waals surface area contributed by atoms with Gasteiger partial charge in [0.25, 0.3) is 0 Å². The number of anilines is 1. The van der Waals surface area contributed by atoms with E-state index in [4.69, 9.17) is 0 Å². The average molecular weight is 309 g/mol. The van der Waals surface area contributed by atoms with Crippen molar-refractivity contribution < 1.29 is 9.18 Å². The SMILES string of the molecule is CCCCN(C)CCC(=O)Nc1nc2ccc(F)cc2s1. The Labute approximate surface area is 128 Å². The van der Waals surface area contributed by atoms with Crippen LogP contribution in [0.2, 0.25) is 0 Å². The molecule has 1 heterocycles. The third kappa shape index (κ3) is 4.75. The first-order valence-corrected chi connectivity index (χ1v) is 7.94. The van der Waals surface area contributed by atoms with E-state index in [0.717, 1.165) is 30.6 Å². The molecule has 1 aromatic heterocycles. The summed E-state index contributed by atoms with van der Waals surface area (Å²) >= 11 is 1.29. The number of thiazole rings is 1. The van der Waals surface area contributed by atoms with Crippen molar-refractivity contribution in [3.8, 4) is 0 Å². The molecule has 0 aliphatic carbocycles. The highest BCUT2D eigenvalue weighted by molar-refractivity contribution is 7.22. The lowest BCUT2D eigenvalue weighted by Gasteiger charge is -2.15. The highest BCUT2D eigenvalue weighted by Crippen LogP contribution is 2.26. The van der Waals surface area contributed by atoms with Crippen molar-refractivity contribution in [3.05, 3.63) is 24.0 Å². The number of carbonyl (C=O) groups is 1. The summed E-state index contributed by atoms with van der Waals surface area (Å²) in [7, 11) is 2.02. The molecule has 0 atom stereocenters. The molecule has 1 aromatic carbocycles. The maximum Gasteiger partial charge on any atom is 0.227 e. The third-order valence-corrected chi connectivity index (χ3v) is 4.14. The molecule has 6 heteroatoms. The van der Waals surface area contributed by atoms with Gasteiger partial charge in [-0.15, -0.1) is 0 Å². The van der Waals surface area contributed by atoms with Crippen molar-refractivity contribution >= 4 is 32.6 Å². The smallest absolute Gasteiger partial charge is 0.227 e. The first-order chi connectivity index (χ1) is 10.1. The maximum absolute atomic E-state index is 13.1. The largest absolute Gasteiger partial charge is 0.306 e. The van der Waals surface area contributed by atoms with E-state index in [9.17, 15) is 9.18 Å². The third-order valence-electron chi connectivity index (χ3n) is 3.21. The van der Waals surface area contributed by atoms with Gasteiger partial charge < -0.3 is 10.2 Å². The van der Waals surface area contributed by atoms with Gasteiger partial charge >= 0.3 is 0 Å². The number of halogens is 1. The van der Waals surface area contributed by atoms with E-state index in [1.807, 2.05) is 7.05 Å². The van der Waals surface area contributed by atoms with Crippen LogP contribution in [0.3, 0.4) is 0 Å². The number of hydrogen-bond acceptors (Lipinski definition) is 4. The first-order valence-electron chi connectivity index (χ1n) is 7.13. The van der Waals surface area contributed by atoms with Crippen LogP contribution in [-0.2, 0) is 4.79 Å². The number of nitrogens with one attached hydrogen (secondary N) is 1. The molecule has 0 saturated carbocycles. The van der Waals surface area contributed by atoms with Gasteiger partial charge in [-0.05, 0) is 38.2 Å². The number of aromatic nitrogens is 1. The standard InChI is InChI=1S/C15H20FN3OS/c1-3-4-8-19(2)9-7-14(20)18-15-17-12-6-5-11(16)10-13(12)21-15/h5-6,10H,3-4,7-9H2,1-2H3,(H,17,18,20). The fourth-order valence-electron chi connectivity index (χ4n) is 1.97. The molecular formula is C15H20FN3OS. The Morgan fingerprint density at radius 2 is 2.24 bits per heavy atom. The van der Waals surface area contributed by atoms with Crippen molar-refractivity contribution in [1.29, 1.82) is 0 Å². The van der Waals surface area contributed by atoms with E-state index in [2.05, 4.69) is 22.1 Å². The summed E-state index contributed by atoms with van der Waals surface area (Å²) in [5.74, 6) is -0.348.